The molecule has 0 aliphatic carbocycles. The molecule has 1 atom stereocenters. The van der Waals surface area contributed by atoms with Crippen LogP contribution in [-0.2, 0) is 4.79 Å². The Balaban J connectivity index is 2.04. The van der Waals surface area contributed by atoms with Crippen LogP contribution >= 0.6 is 0 Å². The predicted octanol–water partition coefficient (Wildman–Crippen LogP) is 1.64. The molecule has 2 N–H and O–H groups in total. The van der Waals surface area contributed by atoms with E-state index in [0.717, 1.165) is 25.5 Å². The first kappa shape index (κ1) is 12.5. The molecule has 1 aromatic rings. The van der Waals surface area contributed by atoms with E-state index in [-0.39, 0.29) is 23.1 Å². The monoisotopic (exact) mass is 247 g/mol. The largest absolute Gasteiger partial charge is 0.323 e. The Morgan fingerprint density at radius 3 is 3.00 bits per heavy atom. The maximum Gasteiger partial charge on any atom is 0.228 e. The maximum absolute atomic E-state index is 13.6. The summed E-state index contributed by atoms with van der Waals surface area (Å²) in [6, 6.07) is 5.87. The highest BCUT2D eigenvalue weighted by molar-refractivity contribution is 5.92. The van der Waals surface area contributed by atoms with Gasteiger partial charge in [0.05, 0.1) is 23.2 Å². The van der Waals surface area contributed by atoms with Crippen LogP contribution in [0, 0.1) is 23.1 Å². The molecule has 94 valence electrons. The Morgan fingerprint density at radius 2 is 2.39 bits per heavy atom. The number of piperidine rings is 1. The van der Waals surface area contributed by atoms with Gasteiger partial charge >= 0.3 is 0 Å². The number of nitrogens with zero attached hydrogens (tertiary/aromatic N) is 1. The lowest BCUT2D eigenvalue weighted by atomic mass is 9.99. The standard InChI is InChI=1S/C13H14FN3O/c14-11-6-9(7-15)3-4-12(11)17-13(18)10-2-1-5-16-8-10/h3-4,6,10,16H,1-2,5,8H2,(H,17,18). The third-order valence-corrected chi connectivity index (χ3v) is 3.02. The van der Waals surface area contributed by atoms with Crippen molar-refractivity contribution in [2.24, 2.45) is 5.92 Å². The van der Waals surface area contributed by atoms with Crippen molar-refractivity contribution in [3.63, 3.8) is 0 Å². The van der Waals surface area contributed by atoms with Crippen LogP contribution in [0.3, 0.4) is 0 Å². The minimum Gasteiger partial charge on any atom is -0.323 e. The third kappa shape index (κ3) is 2.84. The summed E-state index contributed by atoms with van der Waals surface area (Å²) in [6.45, 7) is 1.55. The normalized spacial score (nSPS) is 19.0. The highest BCUT2D eigenvalue weighted by Gasteiger charge is 2.21. The van der Waals surface area contributed by atoms with Gasteiger partial charge in [-0.1, -0.05) is 0 Å². The average Bonchev–Trinajstić information content (AvgIpc) is 2.42. The van der Waals surface area contributed by atoms with Gasteiger partial charge in [0, 0.05) is 6.54 Å². The zero-order valence-corrected chi connectivity index (χ0v) is 9.87. The molecule has 1 saturated heterocycles. The van der Waals surface area contributed by atoms with E-state index in [1.54, 1.807) is 0 Å². The summed E-state index contributed by atoms with van der Waals surface area (Å²) in [5.74, 6) is -0.870. The minimum atomic E-state index is -0.578. The molecule has 1 aliphatic heterocycles. The number of hydrogen-bond donors (Lipinski definition) is 2. The van der Waals surface area contributed by atoms with Gasteiger partial charge < -0.3 is 10.6 Å². The second-order valence-electron chi connectivity index (χ2n) is 4.34. The molecule has 18 heavy (non-hydrogen) atoms. The average molecular weight is 247 g/mol. The molecule has 1 fully saturated rings. The predicted molar refractivity (Wildman–Crippen MR) is 65.3 cm³/mol. The molecule has 1 amide bonds. The fourth-order valence-electron chi connectivity index (χ4n) is 2.00. The first-order valence-electron chi connectivity index (χ1n) is 5.92. The Hall–Kier alpha value is -1.93. The van der Waals surface area contributed by atoms with E-state index in [1.807, 2.05) is 6.07 Å². The number of amides is 1. The molecule has 1 unspecified atom stereocenters. The Bertz CT molecular complexity index is 489. The summed E-state index contributed by atoms with van der Waals surface area (Å²) in [6.07, 6.45) is 1.77. The number of carbonyl (C=O) groups excluding carboxylic acids is 1. The summed E-state index contributed by atoms with van der Waals surface area (Å²) < 4.78 is 13.6. The summed E-state index contributed by atoms with van der Waals surface area (Å²) >= 11 is 0. The maximum atomic E-state index is 13.6. The third-order valence-electron chi connectivity index (χ3n) is 3.02. The molecule has 5 heteroatoms. The van der Waals surface area contributed by atoms with Gasteiger partial charge in [0.15, 0.2) is 0 Å². The fraction of sp³-hybridized carbons (Fsp3) is 0.385. The number of hydrogen-bond acceptors (Lipinski definition) is 3. The van der Waals surface area contributed by atoms with Gasteiger partial charge in [-0.25, -0.2) is 4.39 Å². The van der Waals surface area contributed by atoms with Crippen molar-refractivity contribution >= 4 is 11.6 Å². The van der Waals surface area contributed by atoms with Gasteiger partial charge in [-0.3, -0.25) is 4.79 Å². The quantitative estimate of drug-likeness (QED) is 0.835. The van der Waals surface area contributed by atoms with E-state index in [0.29, 0.717) is 6.54 Å². The highest BCUT2D eigenvalue weighted by Crippen LogP contribution is 2.18. The van der Waals surface area contributed by atoms with Crippen molar-refractivity contribution in [1.82, 2.24) is 5.32 Å². The summed E-state index contributed by atoms with van der Waals surface area (Å²) in [5, 5.41) is 14.3. The van der Waals surface area contributed by atoms with Crippen LogP contribution < -0.4 is 10.6 Å². The molecule has 1 aromatic carbocycles. The minimum absolute atomic E-state index is 0.117. The van der Waals surface area contributed by atoms with Crippen LogP contribution in [-0.4, -0.2) is 19.0 Å². The summed E-state index contributed by atoms with van der Waals surface area (Å²) in [4.78, 5) is 11.9. The molecule has 2 rings (SSSR count). The van der Waals surface area contributed by atoms with Crippen LogP contribution in [0.1, 0.15) is 18.4 Å². The van der Waals surface area contributed by atoms with Crippen molar-refractivity contribution in [2.45, 2.75) is 12.8 Å². The molecular weight excluding hydrogens is 233 g/mol. The van der Waals surface area contributed by atoms with E-state index >= 15 is 0 Å². The van der Waals surface area contributed by atoms with Crippen LogP contribution in [0.15, 0.2) is 18.2 Å². The Kier molecular flexibility index (Phi) is 3.90. The molecule has 4 nitrogen and oxygen atoms in total. The van der Waals surface area contributed by atoms with Gasteiger partial charge in [0.1, 0.15) is 5.82 Å². The Labute approximate surface area is 105 Å². The summed E-state index contributed by atoms with van der Waals surface area (Å²) in [5.41, 5.74) is 0.370. The van der Waals surface area contributed by atoms with Gasteiger partial charge in [0.25, 0.3) is 0 Å². The molecule has 1 heterocycles. The van der Waals surface area contributed by atoms with Crippen LogP contribution in [0.4, 0.5) is 10.1 Å². The number of carbonyl (C=O) groups is 1. The molecule has 0 bridgehead atoms. The van der Waals surface area contributed by atoms with Crippen molar-refractivity contribution < 1.29 is 9.18 Å². The van der Waals surface area contributed by atoms with Gasteiger partial charge in [-0.2, -0.15) is 5.26 Å². The smallest absolute Gasteiger partial charge is 0.228 e. The zero-order chi connectivity index (χ0) is 13.0. The van der Waals surface area contributed by atoms with Gasteiger partial charge in [0.2, 0.25) is 5.91 Å². The second-order valence-corrected chi connectivity index (χ2v) is 4.34. The van der Waals surface area contributed by atoms with E-state index in [4.69, 9.17) is 5.26 Å². The van der Waals surface area contributed by atoms with Crippen LogP contribution in [0.25, 0.3) is 0 Å². The number of nitriles is 1. The fourth-order valence-corrected chi connectivity index (χ4v) is 2.00. The van der Waals surface area contributed by atoms with Gasteiger partial charge in [-0.05, 0) is 37.6 Å². The van der Waals surface area contributed by atoms with Crippen LogP contribution in [0.2, 0.25) is 0 Å². The van der Waals surface area contributed by atoms with E-state index in [2.05, 4.69) is 10.6 Å². The highest BCUT2D eigenvalue weighted by atomic mass is 19.1. The molecule has 1 aliphatic rings. The van der Waals surface area contributed by atoms with Crippen LogP contribution in [0.5, 0.6) is 0 Å². The Morgan fingerprint density at radius 1 is 1.56 bits per heavy atom. The van der Waals surface area contributed by atoms with E-state index in [1.165, 1.54) is 12.1 Å². The van der Waals surface area contributed by atoms with Crippen molar-refractivity contribution in [3.8, 4) is 6.07 Å². The zero-order valence-electron chi connectivity index (χ0n) is 9.87. The SMILES string of the molecule is N#Cc1ccc(NC(=O)C2CCCNC2)c(F)c1. The molecule has 0 saturated carbocycles. The van der Waals surface area contributed by atoms with Crippen molar-refractivity contribution in [2.75, 3.05) is 18.4 Å². The summed E-state index contributed by atoms with van der Waals surface area (Å²) in [7, 11) is 0. The number of rotatable bonds is 2. The molecule has 0 spiro atoms. The second kappa shape index (κ2) is 5.61. The first-order valence-corrected chi connectivity index (χ1v) is 5.92. The van der Waals surface area contributed by atoms with Crippen molar-refractivity contribution in [3.05, 3.63) is 29.6 Å². The van der Waals surface area contributed by atoms with Crippen molar-refractivity contribution in [1.29, 1.82) is 5.26 Å². The van der Waals surface area contributed by atoms with E-state index in [9.17, 15) is 9.18 Å². The number of anilines is 1. The number of benzene rings is 1. The lowest BCUT2D eigenvalue weighted by Gasteiger charge is -2.22. The molecular formula is C13H14FN3O. The lowest BCUT2D eigenvalue weighted by Crippen LogP contribution is -2.37. The lowest BCUT2D eigenvalue weighted by molar-refractivity contribution is -0.120. The first-order chi connectivity index (χ1) is 8.70. The number of halogens is 1. The van der Waals surface area contributed by atoms with E-state index < -0.39 is 5.82 Å². The topological polar surface area (TPSA) is 64.9 Å². The molecule has 0 radical (unpaired) electrons. The van der Waals surface area contributed by atoms with Gasteiger partial charge in [-0.15, -0.1) is 0 Å². The number of nitrogens with one attached hydrogen (secondary N) is 2. The molecule has 0 aromatic heterocycles.